The molecule has 6 heteroatoms. The number of urea groups is 1. The molecule has 24 heavy (non-hydrogen) atoms. The zero-order chi connectivity index (χ0) is 17.7. The Balaban J connectivity index is 1.97. The van der Waals surface area contributed by atoms with Crippen LogP contribution in [-0.2, 0) is 5.41 Å². The van der Waals surface area contributed by atoms with Crippen LogP contribution in [0.3, 0.4) is 0 Å². The normalized spacial score (nSPS) is 11.2. The lowest BCUT2D eigenvalue weighted by Crippen LogP contribution is -2.34. The summed E-state index contributed by atoms with van der Waals surface area (Å²) in [6.07, 6.45) is 0. The van der Waals surface area contributed by atoms with E-state index in [2.05, 4.69) is 59.1 Å². The predicted octanol–water partition coefficient (Wildman–Crippen LogP) is 4.05. The zero-order valence-corrected chi connectivity index (χ0v) is 14.8. The maximum absolute atomic E-state index is 11.6. The summed E-state index contributed by atoms with van der Waals surface area (Å²) >= 11 is 0. The van der Waals surface area contributed by atoms with E-state index in [0.29, 0.717) is 11.6 Å². The van der Waals surface area contributed by atoms with Crippen molar-refractivity contribution in [2.45, 2.75) is 46.1 Å². The zero-order valence-electron chi connectivity index (χ0n) is 14.8. The maximum Gasteiger partial charge on any atom is 0.320 e. The second-order valence-electron chi connectivity index (χ2n) is 7.01. The molecule has 1 heterocycles. The van der Waals surface area contributed by atoms with Crippen LogP contribution in [0, 0.1) is 0 Å². The molecule has 0 unspecified atom stereocenters. The molecule has 0 radical (unpaired) electrons. The molecule has 0 saturated heterocycles. The van der Waals surface area contributed by atoms with Gasteiger partial charge in [0.05, 0.1) is 0 Å². The number of anilines is 3. The average molecular weight is 327 g/mol. The first-order chi connectivity index (χ1) is 11.2. The third-order valence-electron chi connectivity index (χ3n) is 3.35. The van der Waals surface area contributed by atoms with Crippen molar-refractivity contribution in [1.82, 2.24) is 15.5 Å². The van der Waals surface area contributed by atoms with Gasteiger partial charge in [0, 0.05) is 11.7 Å². The van der Waals surface area contributed by atoms with Crippen LogP contribution in [0.15, 0.2) is 36.4 Å². The Labute approximate surface area is 143 Å². The molecule has 2 aromatic rings. The Bertz CT molecular complexity index is 672. The van der Waals surface area contributed by atoms with E-state index in [1.54, 1.807) is 12.1 Å². The number of amides is 2. The topological polar surface area (TPSA) is 78.9 Å². The average Bonchev–Trinajstić information content (AvgIpc) is 2.48. The van der Waals surface area contributed by atoms with Gasteiger partial charge in [0.25, 0.3) is 0 Å². The Morgan fingerprint density at radius 2 is 1.54 bits per heavy atom. The van der Waals surface area contributed by atoms with E-state index in [0.717, 1.165) is 5.69 Å². The molecule has 2 rings (SSSR count). The Morgan fingerprint density at radius 3 is 2.04 bits per heavy atom. The number of rotatable bonds is 4. The molecule has 0 fully saturated rings. The summed E-state index contributed by atoms with van der Waals surface area (Å²) in [5.74, 6) is 1.02. The SMILES string of the molecule is CC(C)NC(=O)Nc1ccc(Nc2ccc(C(C)(C)C)cc2)nn1. The highest BCUT2D eigenvalue weighted by Gasteiger charge is 2.12. The number of nitrogens with one attached hydrogen (secondary N) is 3. The summed E-state index contributed by atoms with van der Waals surface area (Å²) < 4.78 is 0. The number of carbonyl (C=O) groups is 1. The molecule has 1 aromatic heterocycles. The number of carbonyl (C=O) groups excluding carboxylic acids is 1. The maximum atomic E-state index is 11.6. The van der Waals surface area contributed by atoms with Crippen molar-refractivity contribution in [3.63, 3.8) is 0 Å². The third-order valence-corrected chi connectivity index (χ3v) is 3.35. The van der Waals surface area contributed by atoms with E-state index >= 15 is 0 Å². The number of nitrogens with zero attached hydrogens (tertiary/aromatic N) is 2. The van der Waals surface area contributed by atoms with Gasteiger partial charge in [0.1, 0.15) is 0 Å². The lowest BCUT2D eigenvalue weighted by Gasteiger charge is -2.19. The first-order valence-electron chi connectivity index (χ1n) is 8.03. The van der Waals surface area contributed by atoms with E-state index in [9.17, 15) is 4.79 Å². The molecular weight excluding hydrogens is 302 g/mol. The van der Waals surface area contributed by atoms with Crippen LogP contribution >= 0.6 is 0 Å². The number of benzene rings is 1. The first-order valence-corrected chi connectivity index (χ1v) is 8.03. The van der Waals surface area contributed by atoms with E-state index < -0.39 is 0 Å². The highest BCUT2D eigenvalue weighted by atomic mass is 16.2. The second-order valence-corrected chi connectivity index (χ2v) is 7.01. The van der Waals surface area contributed by atoms with Crippen molar-refractivity contribution in [2.24, 2.45) is 0 Å². The molecule has 1 aromatic carbocycles. The van der Waals surface area contributed by atoms with Gasteiger partial charge >= 0.3 is 6.03 Å². The summed E-state index contributed by atoms with van der Waals surface area (Å²) in [6, 6.07) is 11.5. The minimum Gasteiger partial charge on any atom is -0.339 e. The minimum atomic E-state index is -0.294. The van der Waals surface area contributed by atoms with Gasteiger partial charge in [-0.2, -0.15) is 0 Å². The Morgan fingerprint density at radius 1 is 0.958 bits per heavy atom. The lowest BCUT2D eigenvalue weighted by atomic mass is 9.87. The molecular formula is C18H25N5O. The molecule has 0 aliphatic rings. The lowest BCUT2D eigenvalue weighted by molar-refractivity contribution is 0.250. The Hall–Kier alpha value is -2.63. The van der Waals surface area contributed by atoms with Crippen molar-refractivity contribution in [2.75, 3.05) is 10.6 Å². The van der Waals surface area contributed by atoms with Gasteiger partial charge < -0.3 is 10.6 Å². The van der Waals surface area contributed by atoms with Crippen LogP contribution in [0.2, 0.25) is 0 Å². The van der Waals surface area contributed by atoms with Gasteiger partial charge in [-0.3, -0.25) is 5.32 Å². The van der Waals surface area contributed by atoms with Crippen LogP contribution in [0.25, 0.3) is 0 Å². The predicted molar refractivity (Wildman–Crippen MR) is 97.7 cm³/mol. The minimum absolute atomic E-state index is 0.0648. The van der Waals surface area contributed by atoms with Crippen LogP contribution in [0.1, 0.15) is 40.2 Å². The molecule has 0 atom stereocenters. The van der Waals surface area contributed by atoms with Crippen molar-refractivity contribution in [1.29, 1.82) is 0 Å². The molecule has 0 aliphatic heterocycles. The third kappa shape index (κ3) is 5.22. The summed E-state index contributed by atoms with van der Waals surface area (Å²) in [7, 11) is 0. The fourth-order valence-corrected chi connectivity index (χ4v) is 2.08. The van der Waals surface area contributed by atoms with Gasteiger partial charge in [-0.05, 0) is 49.1 Å². The molecule has 3 N–H and O–H groups in total. The smallest absolute Gasteiger partial charge is 0.320 e. The van der Waals surface area contributed by atoms with Gasteiger partial charge in [-0.1, -0.05) is 32.9 Å². The quantitative estimate of drug-likeness (QED) is 0.791. The van der Waals surface area contributed by atoms with Crippen LogP contribution in [0.4, 0.5) is 22.1 Å². The fraction of sp³-hybridized carbons (Fsp3) is 0.389. The van der Waals surface area contributed by atoms with E-state index in [-0.39, 0.29) is 17.5 Å². The fourth-order valence-electron chi connectivity index (χ4n) is 2.08. The molecule has 2 amide bonds. The molecule has 0 spiro atoms. The monoisotopic (exact) mass is 327 g/mol. The highest BCUT2D eigenvalue weighted by molar-refractivity contribution is 5.88. The van der Waals surface area contributed by atoms with Gasteiger partial charge in [-0.25, -0.2) is 4.79 Å². The summed E-state index contributed by atoms with van der Waals surface area (Å²) in [5.41, 5.74) is 2.34. The van der Waals surface area contributed by atoms with Crippen LogP contribution in [0.5, 0.6) is 0 Å². The van der Waals surface area contributed by atoms with Crippen molar-refractivity contribution in [3.8, 4) is 0 Å². The van der Waals surface area contributed by atoms with Crippen LogP contribution < -0.4 is 16.0 Å². The standard InChI is InChI=1S/C18H25N5O/c1-12(2)19-17(24)21-16-11-10-15(22-23-16)20-14-8-6-13(7-9-14)18(3,4)5/h6-12H,1-5H3,(H,20,22)(H2,19,21,23,24). The second kappa shape index (κ2) is 7.29. The van der Waals surface area contributed by atoms with Crippen molar-refractivity contribution in [3.05, 3.63) is 42.0 Å². The van der Waals surface area contributed by atoms with E-state index in [4.69, 9.17) is 0 Å². The summed E-state index contributed by atoms with van der Waals surface area (Å²) in [6.45, 7) is 10.3. The molecule has 128 valence electrons. The first kappa shape index (κ1) is 17.7. The molecule has 0 aliphatic carbocycles. The molecule has 0 saturated carbocycles. The van der Waals surface area contributed by atoms with Crippen molar-refractivity contribution < 1.29 is 4.79 Å². The molecule has 6 nitrogen and oxygen atoms in total. The number of hydrogen-bond donors (Lipinski definition) is 3. The largest absolute Gasteiger partial charge is 0.339 e. The summed E-state index contributed by atoms with van der Waals surface area (Å²) in [4.78, 5) is 11.6. The van der Waals surface area contributed by atoms with Gasteiger partial charge in [0.15, 0.2) is 11.6 Å². The van der Waals surface area contributed by atoms with Crippen molar-refractivity contribution >= 4 is 23.4 Å². The Kier molecular flexibility index (Phi) is 5.39. The van der Waals surface area contributed by atoms with Crippen LogP contribution in [-0.4, -0.2) is 22.3 Å². The number of hydrogen-bond acceptors (Lipinski definition) is 4. The summed E-state index contributed by atoms with van der Waals surface area (Å²) in [5, 5.41) is 16.6. The highest BCUT2D eigenvalue weighted by Crippen LogP contribution is 2.24. The number of aromatic nitrogens is 2. The van der Waals surface area contributed by atoms with E-state index in [1.165, 1.54) is 5.56 Å². The van der Waals surface area contributed by atoms with Gasteiger partial charge in [0.2, 0.25) is 0 Å². The van der Waals surface area contributed by atoms with Gasteiger partial charge in [-0.15, -0.1) is 10.2 Å². The molecule has 0 bridgehead atoms. The van der Waals surface area contributed by atoms with E-state index in [1.807, 2.05) is 26.0 Å².